The molecule has 4 rings (SSSR count). The fourth-order valence-electron chi connectivity index (χ4n) is 3.42. The Kier molecular flexibility index (Phi) is 6.07. The predicted molar refractivity (Wildman–Crippen MR) is 112 cm³/mol. The summed E-state index contributed by atoms with van der Waals surface area (Å²) in [5.74, 6) is 0.580. The molecule has 0 unspecified atom stereocenters. The summed E-state index contributed by atoms with van der Waals surface area (Å²) >= 11 is 0. The van der Waals surface area contributed by atoms with Crippen molar-refractivity contribution in [2.24, 2.45) is 0 Å². The number of benzene rings is 1. The van der Waals surface area contributed by atoms with Gasteiger partial charge in [0.15, 0.2) is 0 Å². The van der Waals surface area contributed by atoms with Crippen molar-refractivity contribution in [3.05, 3.63) is 78.4 Å². The van der Waals surface area contributed by atoms with Gasteiger partial charge in [0, 0.05) is 68.8 Å². The number of aromatic nitrogens is 3. The van der Waals surface area contributed by atoms with E-state index in [1.165, 1.54) is 5.56 Å². The smallest absolute Gasteiger partial charge is 0.254 e. The highest BCUT2D eigenvalue weighted by molar-refractivity contribution is 5.95. The van der Waals surface area contributed by atoms with Crippen LogP contribution in [0.25, 0.3) is 0 Å². The maximum Gasteiger partial charge on any atom is 0.254 e. The first-order chi connectivity index (χ1) is 14.3. The highest BCUT2D eigenvalue weighted by Gasteiger charge is 2.22. The monoisotopic (exact) mass is 388 g/mol. The van der Waals surface area contributed by atoms with E-state index in [4.69, 9.17) is 0 Å². The highest BCUT2D eigenvalue weighted by atomic mass is 16.2. The maximum atomic E-state index is 12.9. The molecule has 0 radical (unpaired) electrons. The van der Waals surface area contributed by atoms with Crippen molar-refractivity contribution < 1.29 is 4.79 Å². The Bertz CT molecular complexity index is 926. The van der Waals surface area contributed by atoms with Crippen LogP contribution in [0.15, 0.2) is 67.3 Å². The van der Waals surface area contributed by atoms with Gasteiger partial charge in [0.05, 0.1) is 0 Å². The number of carbonyl (C=O) groups excluding carboxylic acids is 1. The summed E-state index contributed by atoms with van der Waals surface area (Å²) < 4.78 is 0. The van der Waals surface area contributed by atoms with Gasteiger partial charge in [-0.25, -0.2) is 9.97 Å². The second-order valence-electron chi connectivity index (χ2n) is 7.02. The Morgan fingerprint density at radius 2 is 1.69 bits per heavy atom. The molecule has 0 atom stereocenters. The number of pyridine rings is 1. The van der Waals surface area contributed by atoms with Crippen molar-refractivity contribution >= 4 is 17.5 Å². The number of piperazine rings is 1. The summed E-state index contributed by atoms with van der Waals surface area (Å²) in [4.78, 5) is 29.7. The van der Waals surface area contributed by atoms with Gasteiger partial charge >= 0.3 is 0 Å². The Labute approximate surface area is 170 Å². The number of nitrogens with one attached hydrogen (secondary N) is 1. The van der Waals surface area contributed by atoms with E-state index in [2.05, 4.69) is 37.3 Å². The zero-order valence-corrected chi connectivity index (χ0v) is 16.2. The molecule has 1 N–H and O–H groups in total. The number of carbonyl (C=O) groups is 1. The molecule has 1 saturated heterocycles. The molecular weight excluding hydrogens is 364 g/mol. The van der Waals surface area contributed by atoms with Crippen LogP contribution in [0.5, 0.6) is 0 Å². The molecule has 0 spiro atoms. The number of amides is 1. The van der Waals surface area contributed by atoms with E-state index in [0.29, 0.717) is 11.5 Å². The van der Waals surface area contributed by atoms with Gasteiger partial charge in [0.1, 0.15) is 0 Å². The quantitative estimate of drug-likeness (QED) is 0.700. The lowest BCUT2D eigenvalue weighted by Gasteiger charge is -2.34. The highest BCUT2D eigenvalue weighted by Crippen LogP contribution is 2.17. The van der Waals surface area contributed by atoms with Gasteiger partial charge in [-0.1, -0.05) is 6.07 Å². The minimum Gasteiger partial charge on any atom is -0.336 e. The first-order valence-electron chi connectivity index (χ1n) is 9.82. The van der Waals surface area contributed by atoms with E-state index in [1.807, 2.05) is 41.6 Å². The summed E-state index contributed by atoms with van der Waals surface area (Å²) in [5.41, 5.74) is 2.78. The van der Waals surface area contributed by atoms with Crippen LogP contribution < -0.4 is 5.32 Å². The Morgan fingerprint density at radius 3 is 2.45 bits per heavy atom. The number of hydrogen-bond donors (Lipinski definition) is 1. The van der Waals surface area contributed by atoms with Gasteiger partial charge in [-0.3, -0.25) is 14.7 Å². The Morgan fingerprint density at radius 1 is 0.931 bits per heavy atom. The summed E-state index contributed by atoms with van der Waals surface area (Å²) in [6.45, 7) is 4.28. The second-order valence-corrected chi connectivity index (χ2v) is 7.02. The zero-order valence-electron chi connectivity index (χ0n) is 16.2. The molecular formula is C22H24N6O. The topological polar surface area (TPSA) is 74.2 Å². The van der Waals surface area contributed by atoms with E-state index in [1.54, 1.807) is 18.5 Å². The Hall–Kier alpha value is -3.32. The average Bonchev–Trinajstić information content (AvgIpc) is 2.79. The van der Waals surface area contributed by atoms with Crippen LogP contribution in [0.2, 0.25) is 0 Å². The molecule has 1 amide bonds. The molecule has 2 aromatic heterocycles. The lowest BCUT2D eigenvalue weighted by Crippen LogP contribution is -2.49. The van der Waals surface area contributed by atoms with Crippen molar-refractivity contribution in [3.8, 4) is 0 Å². The van der Waals surface area contributed by atoms with Gasteiger partial charge < -0.3 is 10.2 Å². The van der Waals surface area contributed by atoms with E-state index in [9.17, 15) is 4.79 Å². The molecule has 1 fully saturated rings. The first-order valence-corrected chi connectivity index (χ1v) is 9.82. The maximum absolute atomic E-state index is 12.9. The summed E-state index contributed by atoms with van der Waals surface area (Å²) in [7, 11) is 0. The lowest BCUT2D eigenvalue weighted by molar-refractivity contribution is 0.0638. The van der Waals surface area contributed by atoms with Crippen LogP contribution in [-0.2, 0) is 6.42 Å². The van der Waals surface area contributed by atoms with E-state index < -0.39 is 0 Å². The lowest BCUT2D eigenvalue weighted by atomic mass is 10.1. The zero-order chi connectivity index (χ0) is 19.9. The fourth-order valence-corrected chi connectivity index (χ4v) is 3.42. The van der Waals surface area contributed by atoms with Gasteiger partial charge in [0.25, 0.3) is 5.91 Å². The van der Waals surface area contributed by atoms with Crippen molar-refractivity contribution in [1.82, 2.24) is 24.8 Å². The van der Waals surface area contributed by atoms with Crippen molar-refractivity contribution in [1.29, 1.82) is 0 Å². The third kappa shape index (κ3) is 5.14. The normalized spacial score (nSPS) is 14.6. The summed E-state index contributed by atoms with van der Waals surface area (Å²) in [5, 5.41) is 3.14. The van der Waals surface area contributed by atoms with E-state index in [-0.39, 0.29) is 5.91 Å². The van der Waals surface area contributed by atoms with Gasteiger partial charge in [-0.2, -0.15) is 0 Å². The van der Waals surface area contributed by atoms with E-state index >= 15 is 0 Å². The molecule has 3 aromatic rings. The SMILES string of the molecule is O=C(c1cccc(Nc2ncccn2)c1)N1CCN(CCc2ccncc2)CC1. The number of nitrogens with zero attached hydrogens (tertiary/aromatic N) is 5. The minimum absolute atomic E-state index is 0.0661. The standard InChI is InChI=1S/C22H24N6O/c29-21(19-3-1-4-20(17-19)26-22-24-8-2-9-25-22)28-15-13-27(14-16-28)12-7-18-5-10-23-11-6-18/h1-6,8-11,17H,7,12-16H2,(H,24,25,26). The summed E-state index contributed by atoms with van der Waals surface area (Å²) in [6.07, 6.45) is 8.03. The Balaban J connectivity index is 1.31. The number of hydrogen-bond acceptors (Lipinski definition) is 6. The minimum atomic E-state index is 0.0661. The van der Waals surface area contributed by atoms with E-state index in [0.717, 1.165) is 44.8 Å². The van der Waals surface area contributed by atoms with Gasteiger partial charge in [-0.15, -0.1) is 0 Å². The molecule has 7 nitrogen and oxygen atoms in total. The third-order valence-corrected chi connectivity index (χ3v) is 5.06. The second kappa shape index (κ2) is 9.25. The van der Waals surface area contributed by atoms with Crippen LogP contribution in [0, 0.1) is 0 Å². The molecule has 3 heterocycles. The molecule has 7 heteroatoms. The molecule has 1 aliphatic heterocycles. The fraction of sp³-hybridized carbons (Fsp3) is 0.273. The molecule has 1 aromatic carbocycles. The van der Waals surface area contributed by atoms with Crippen molar-refractivity contribution in [3.63, 3.8) is 0 Å². The van der Waals surface area contributed by atoms with Crippen molar-refractivity contribution in [2.75, 3.05) is 38.0 Å². The van der Waals surface area contributed by atoms with Crippen LogP contribution >= 0.6 is 0 Å². The van der Waals surface area contributed by atoms with Crippen LogP contribution in [0.1, 0.15) is 15.9 Å². The molecule has 0 aliphatic carbocycles. The molecule has 0 bridgehead atoms. The third-order valence-electron chi connectivity index (χ3n) is 5.06. The predicted octanol–water partition coefficient (Wildman–Crippen LogP) is 2.62. The molecule has 29 heavy (non-hydrogen) atoms. The molecule has 0 saturated carbocycles. The average molecular weight is 388 g/mol. The van der Waals surface area contributed by atoms with Gasteiger partial charge in [-0.05, 0) is 48.4 Å². The largest absolute Gasteiger partial charge is 0.336 e. The molecule has 148 valence electrons. The van der Waals surface area contributed by atoms with Crippen molar-refractivity contribution in [2.45, 2.75) is 6.42 Å². The number of anilines is 2. The summed E-state index contributed by atoms with van der Waals surface area (Å²) in [6, 6.07) is 13.4. The van der Waals surface area contributed by atoms with Gasteiger partial charge in [0.2, 0.25) is 5.95 Å². The van der Waals surface area contributed by atoms with Crippen LogP contribution in [0.3, 0.4) is 0 Å². The molecule has 1 aliphatic rings. The number of rotatable bonds is 6. The van der Waals surface area contributed by atoms with Crippen LogP contribution in [0.4, 0.5) is 11.6 Å². The van der Waals surface area contributed by atoms with Crippen LogP contribution in [-0.4, -0.2) is 63.4 Å². The first kappa shape index (κ1) is 19.0.